The Balaban J connectivity index is 2.54. The molecule has 0 spiro atoms. The lowest BCUT2D eigenvalue weighted by Crippen LogP contribution is -2.29. The summed E-state index contributed by atoms with van der Waals surface area (Å²) in [5, 5.41) is 0. The number of halogens is 3. The minimum Gasteiger partial charge on any atom is -0.300 e. The summed E-state index contributed by atoms with van der Waals surface area (Å²) in [4.78, 5) is 1.87. The Morgan fingerprint density at radius 1 is 1.42 bits per heavy atom. The van der Waals surface area contributed by atoms with E-state index in [1.54, 1.807) is 0 Å². The van der Waals surface area contributed by atoms with Crippen LogP contribution in [0, 0.1) is 5.92 Å². The van der Waals surface area contributed by atoms with E-state index in [0.29, 0.717) is 6.54 Å². The van der Waals surface area contributed by atoms with Crippen molar-refractivity contribution in [2.75, 3.05) is 13.1 Å². The average molecular weight is 181 g/mol. The van der Waals surface area contributed by atoms with Gasteiger partial charge in [0.1, 0.15) is 0 Å². The van der Waals surface area contributed by atoms with Gasteiger partial charge in [0, 0.05) is 12.6 Å². The van der Waals surface area contributed by atoms with Crippen molar-refractivity contribution in [2.24, 2.45) is 5.92 Å². The predicted octanol–water partition coefficient (Wildman–Crippen LogP) is 2.28. The Kier molecular flexibility index (Phi) is 2.66. The first-order chi connectivity index (χ1) is 5.45. The van der Waals surface area contributed by atoms with Crippen molar-refractivity contribution in [3.8, 4) is 0 Å². The van der Waals surface area contributed by atoms with Gasteiger partial charge in [0.15, 0.2) is 0 Å². The molecule has 1 rings (SSSR count). The molecule has 0 aliphatic carbocycles. The van der Waals surface area contributed by atoms with E-state index >= 15 is 0 Å². The van der Waals surface area contributed by atoms with Crippen LogP contribution in [0.4, 0.5) is 13.2 Å². The molecular formula is C8H14F3N. The highest BCUT2D eigenvalue weighted by Crippen LogP contribution is 2.35. The molecule has 1 aliphatic rings. The first-order valence-corrected chi connectivity index (χ1v) is 4.26. The molecule has 1 nitrogen and oxygen atoms in total. The van der Waals surface area contributed by atoms with E-state index < -0.39 is 12.1 Å². The van der Waals surface area contributed by atoms with Crippen LogP contribution in [0.1, 0.15) is 20.3 Å². The maximum Gasteiger partial charge on any atom is 0.393 e. The number of rotatable bonds is 1. The van der Waals surface area contributed by atoms with Gasteiger partial charge in [-0.25, -0.2) is 0 Å². The summed E-state index contributed by atoms with van der Waals surface area (Å²) in [5.74, 6) is -1.10. The molecule has 1 fully saturated rings. The lowest BCUT2D eigenvalue weighted by Gasteiger charge is -2.18. The van der Waals surface area contributed by atoms with Gasteiger partial charge in [-0.15, -0.1) is 0 Å². The molecule has 4 heteroatoms. The van der Waals surface area contributed by atoms with E-state index in [9.17, 15) is 13.2 Å². The van der Waals surface area contributed by atoms with Crippen LogP contribution >= 0.6 is 0 Å². The zero-order valence-electron chi connectivity index (χ0n) is 7.36. The fraction of sp³-hybridized carbons (Fsp3) is 1.00. The summed E-state index contributed by atoms with van der Waals surface area (Å²) in [6.07, 6.45) is -3.74. The topological polar surface area (TPSA) is 3.24 Å². The van der Waals surface area contributed by atoms with E-state index in [1.165, 1.54) is 0 Å². The number of hydrogen-bond acceptors (Lipinski definition) is 1. The zero-order valence-corrected chi connectivity index (χ0v) is 7.36. The Hall–Kier alpha value is -0.250. The molecule has 2 unspecified atom stereocenters. The van der Waals surface area contributed by atoms with Crippen LogP contribution in [0.2, 0.25) is 0 Å². The van der Waals surface area contributed by atoms with Crippen LogP contribution in [0.3, 0.4) is 0 Å². The minimum atomic E-state index is -4.00. The monoisotopic (exact) mass is 181 g/mol. The van der Waals surface area contributed by atoms with Crippen molar-refractivity contribution >= 4 is 0 Å². The number of nitrogens with zero attached hydrogens (tertiary/aromatic N) is 1. The van der Waals surface area contributed by atoms with Crippen molar-refractivity contribution in [3.05, 3.63) is 0 Å². The van der Waals surface area contributed by atoms with Crippen LogP contribution < -0.4 is 0 Å². The maximum atomic E-state index is 12.2. The molecule has 0 saturated carbocycles. The van der Waals surface area contributed by atoms with Crippen LogP contribution in [-0.2, 0) is 0 Å². The van der Waals surface area contributed by atoms with Gasteiger partial charge in [0.05, 0.1) is 5.92 Å². The van der Waals surface area contributed by atoms with Crippen molar-refractivity contribution < 1.29 is 13.2 Å². The average Bonchev–Trinajstić information content (AvgIpc) is 2.29. The summed E-state index contributed by atoms with van der Waals surface area (Å²) in [6, 6.07) is 0.0848. The van der Waals surface area contributed by atoms with Crippen molar-refractivity contribution in [3.63, 3.8) is 0 Å². The molecular weight excluding hydrogens is 167 g/mol. The molecule has 0 bridgehead atoms. The predicted molar refractivity (Wildman–Crippen MR) is 40.9 cm³/mol. The molecule has 1 saturated heterocycles. The summed E-state index contributed by atoms with van der Waals surface area (Å²) in [5.41, 5.74) is 0. The van der Waals surface area contributed by atoms with Gasteiger partial charge in [-0.3, -0.25) is 0 Å². The highest BCUT2D eigenvalue weighted by Gasteiger charge is 2.45. The van der Waals surface area contributed by atoms with Gasteiger partial charge < -0.3 is 4.90 Å². The minimum absolute atomic E-state index is 0.0848. The van der Waals surface area contributed by atoms with Crippen molar-refractivity contribution in [1.82, 2.24) is 4.90 Å². The van der Waals surface area contributed by atoms with Gasteiger partial charge in [-0.05, 0) is 19.9 Å². The van der Waals surface area contributed by atoms with Gasteiger partial charge in [0.25, 0.3) is 0 Å². The molecule has 0 aromatic heterocycles. The first-order valence-electron chi connectivity index (χ1n) is 4.26. The Morgan fingerprint density at radius 2 is 2.00 bits per heavy atom. The Morgan fingerprint density at radius 3 is 2.25 bits per heavy atom. The first kappa shape index (κ1) is 9.84. The molecule has 12 heavy (non-hydrogen) atoms. The Labute approximate surface area is 70.5 Å². The molecule has 72 valence electrons. The number of likely N-dealkylation sites (tertiary alicyclic amines) is 1. The molecule has 0 N–H and O–H groups in total. The van der Waals surface area contributed by atoms with Crippen LogP contribution in [0.25, 0.3) is 0 Å². The zero-order chi connectivity index (χ0) is 9.35. The summed E-state index contributed by atoms with van der Waals surface area (Å²) in [7, 11) is 0. The third-order valence-electron chi connectivity index (χ3n) is 2.57. The fourth-order valence-electron chi connectivity index (χ4n) is 1.78. The largest absolute Gasteiger partial charge is 0.393 e. The highest BCUT2D eigenvalue weighted by atomic mass is 19.4. The van der Waals surface area contributed by atoms with Gasteiger partial charge >= 0.3 is 6.18 Å². The van der Waals surface area contributed by atoms with Crippen LogP contribution in [-0.4, -0.2) is 30.2 Å². The molecule has 0 aromatic rings. The third-order valence-corrected chi connectivity index (χ3v) is 2.57. The molecule has 1 heterocycles. The normalized spacial score (nSPS) is 32.8. The second-order valence-electron chi connectivity index (χ2n) is 3.41. The number of hydrogen-bond donors (Lipinski definition) is 0. The standard InChI is InChI=1S/C8H14F3N/c1-3-12-5-7(4-6(12)2)8(9,10)11/h6-7H,3-5H2,1-2H3. The maximum absolute atomic E-state index is 12.2. The fourth-order valence-corrected chi connectivity index (χ4v) is 1.78. The summed E-state index contributed by atoms with van der Waals surface area (Å²) in [6.45, 7) is 4.65. The van der Waals surface area contributed by atoms with E-state index in [4.69, 9.17) is 0 Å². The van der Waals surface area contributed by atoms with Gasteiger partial charge in [-0.1, -0.05) is 6.92 Å². The smallest absolute Gasteiger partial charge is 0.300 e. The van der Waals surface area contributed by atoms with Gasteiger partial charge in [-0.2, -0.15) is 13.2 Å². The van der Waals surface area contributed by atoms with Crippen molar-refractivity contribution in [1.29, 1.82) is 0 Å². The van der Waals surface area contributed by atoms with E-state index in [-0.39, 0.29) is 19.0 Å². The lowest BCUT2D eigenvalue weighted by molar-refractivity contribution is -0.170. The Bertz CT molecular complexity index is 155. The summed E-state index contributed by atoms with van der Waals surface area (Å²) < 4.78 is 36.7. The number of alkyl halides is 3. The van der Waals surface area contributed by atoms with Gasteiger partial charge in [0.2, 0.25) is 0 Å². The second-order valence-corrected chi connectivity index (χ2v) is 3.41. The summed E-state index contributed by atoms with van der Waals surface area (Å²) >= 11 is 0. The highest BCUT2D eigenvalue weighted by molar-refractivity contribution is 4.85. The second kappa shape index (κ2) is 3.24. The molecule has 0 aromatic carbocycles. The SMILES string of the molecule is CCN1CC(C(F)(F)F)CC1C. The quantitative estimate of drug-likeness (QED) is 0.599. The van der Waals surface area contributed by atoms with Crippen LogP contribution in [0.5, 0.6) is 0 Å². The van der Waals surface area contributed by atoms with Crippen molar-refractivity contribution in [2.45, 2.75) is 32.5 Å². The third kappa shape index (κ3) is 1.91. The van der Waals surface area contributed by atoms with E-state index in [1.807, 2.05) is 18.7 Å². The molecule has 1 aliphatic heterocycles. The molecule has 0 amide bonds. The van der Waals surface area contributed by atoms with E-state index in [2.05, 4.69) is 0 Å². The molecule has 2 atom stereocenters. The van der Waals surface area contributed by atoms with E-state index in [0.717, 1.165) is 0 Å². The lowest BCUT2D eigenvalue weighted by atomic mass is 10.1. The van der Waals surface area contributed by atoms with Crippen LogP contribution in [0.15, 0.2) is 0 Å². The molecule has 0 radical (unpaired) electrons.